The van der Waals surface area contributed by atoms with E-state index in [1.54, 1.807) is 5.06 Å². The number of carbonyl (C=O) groups is 1. The lowest BCUT2D eigenvalue weighted by molar-refractivity contribution is -0.269. The van der Waals surface area contributed by atoms with Crippen LogP contribution in [0.5, 0.6) is 0 Å². The summed E-state index contributed by atoms with van der Waals surface area (Å²) in [7, 11) is 0. The molecule has 1 aromatic rings. The van der Waals surface area contributed by atoms with Crippen molar-refractivity contribution in [1.29, 1.82) is 0 Å². The molecular formula is C18H29NO4. The summed E-state index contributed by atoms with van der Waals surface area (Å²) in [4.78, 5) is 17.3. The summed E-state index contributed by atoms with van der Waals surface area (Å²) in [6, 6.07) is 9.23. The van der Waals surface area contributed by atoms with Gasteiger partial charge >= 0.3 is 5.97 Å². The highest BCUT2D eigenvalue weighted by atomic mass is 16.8. The number of rotatable bonds is 9. The molecule has 130 valence electrons. The number of benzene rings is 1. The molecule has 0 amide bonds. The Kier molecular flexibility index (Phi) is 8.23. The third kappa shape index (κ3) is 8.69. The van der Waals surface area contributed by atoms with Gasteiger partial charge in [-0.1, -0.05) is 37.3 Å². The van der Waals surface area contributed by atoms with E-state index in [1.807, 2.05) is 58.0 Å². The predicted molar refractivity (Wildman–Crippen MR) is 89.4 cm³/mol. The molecule has 0 fully saturated rings. The maximum absolute atomic E-state index is 11.7. The van der Waals surface area contributed by atoms with Crippen molar-refractivity contribution in [2.45, 2.75) is 58.8 Å². The Hall–Kier alpha value is -1.43. The molecule has 1 aromatic carbocycles. The van der Waals surface area contributed by atoms with Gasteiger partial charge in [-0.2, -0.15) is 5.06 Å². The normalized spacial score (nSPS) is 13.1. The number of ether oxygens (including phenoxy) is 1. The van der Waals surface area contributed by atoms with E-state index in [4.69, 9.17) is 9.57 Å². The number of hydroxylamine groups is 2. The molecule has 5 nitrogen and oxygen atoms in total. The van der Waals surface area contributed by atoms with Crippen LogP contribution in [0.3, 0.4) is 0 Å². The van der Waals surface area contributed by atoms with Gasteiger partial charge in [-0.3, -0.25) is 9.63 Å². The second kappa shape index (κ2) is 9.65. The van der Waals surface area contributed by atoms with Crippen LogP contribution in [0.4, 0.5) is 0 Å². The lowest BCUT2D eigenvalue weighted by Gasteiger charge is -2.25. The molecule has 0 heterocycles. The summed E-state index contributed by atoms with van der Waals surface area (Å²) < 4.78 is 5.28. The van der Waals surface area contributed by atoms with Crippen molar-refractivity contribution in [3.63, 3.8) is 0 Å². The number of aliphatic hydroxyl groups is 1. The van der Waals surface area contributed by atoms with Crippen LogP contribution in [0.2, 0.25) is 0 Å². The minimum absolute atomic E-state index is 0.211. The Bertz CT molecular complexity index is 456. The molecule has 1 N–H and O–H groups in total. The van der Waals surface area contributed by atoms with E-state index in [-0.39, 0.29) is 5.97 Å². The van der Waals surface area contributed by atoms with Crippen LogP contribution in [0.25, 0.3) is 0 Å². The molecule has 0 radical (unpaired) electrons. The van der Waals surface area contributed by atoms with E-state index in [0.29, 0.717) is 31.5 Å². The van der Waals surface area contributed by atoms with Crippen molar-refractivity contribution in [2.75, 3.05) is 13.1 Å². The first-order chi connectivity index (χ1) is 10.8. The molecule has 0 saturated heterocycles. The topological polar surface area (TPSA) is 59.0 Å². The summed E-state index contributed by atoms with van der Waals surface area (Å²) in [5, 5.41) is 11.8. The summed E-state index contributed by atoms with van der Waals surface area (Å²) in [6.45, 7) is 8.86. The largest absolute Gasteiger partial charge is 0.460 e. The highest BCUT2D eigenvalue weighted by Gasteiger charge is 2.17. The first-order valence-corrected chi connectivity index (χ1v) is 8.18. The van der Waals surface area contributed by atoms with Gasteiger partial charge in [0, 0.05) is 25.1 Å². The number of esters is 1. The summed E-state index contributed by atoms with van der Waals surface area (Å²) in [5.74, 6) is -0.211. The highest BCUT2D eigenvalue weighted by Crippen LogP contribution is 2.16. The second-order valence-electron chi connectivity index (χ2n) is 6.49. The molecule has 1 unspecified atom stereocenters. The van der Waals surface area contributed by atoms with Gasteiger partial charge in [0.1, 0.15) is 5.60 Å². The zero-order chi connectivity index (χ0) is 17.3. The van der Waals surface area contributed by atoms with E-state index in [0.717, 1.165) is 6.42 Å². The van der Waals surface area contributed by atoms with Crippen LogP contribution in [0, 0.1) is 0 Å². The van der Waals surface area contributed by atoms with Gasteiger partial charge in [-0.25, -0.2) is 0 Å². The SMILES string of the molecule is CCCN(CCCC(=O)OC(C)(C)C)OC(O)c1ccccc1. The van der Waals surface area contributed by atoms with Gasteiger partial charge in [0.2, 0.25) is 6.29 Å². The maximum Gasteiger partial charge on any atom is 0.306 e. The van der Waals surface area contributed by atoms with Crippen LogP contribution < -0.4 is 0 Å². The number of carbonyl (C=O) groups excluding carboxylic acids is 1. The molecule has 0 bridgehead atoms. The first-order valence-electron chi connectivity index (χ1n) is 8.18. The zero-order valence-corrected chi connectivity index (χ0v) is 14.6. The van der Waals surface area contributed by atoms with Gasteiger partial charge in [-0.15, -0.1) is 0 Å². The number of aliphatic hydroxyl groups excluding tert-OH is 1. The van der Waals surface area contributed by atoms with Crippen LogP contribution in [-0.2, 0) is 14.4 Å². The fourth-order valence-electron chi connectivity index (χ4n) is 2.08. The standard InChI is InChI=1S/C18H29NO4/c1-5-13-19(14-9-12-16(20)22-18(2,3)4)23-17(21)15-10-7-6-8-11-15/h6-8,10-11,17,21H,5,9,12-14H2,1-4H3. The van der Waals surface area contributed by atoms with Gasteiger partial charge in [0.15, 0.2) is 0 Å². The Balaban J connectivity index is 2.41. The molecule has 5 heteroatoms. The molecule has 0 aliphatic heterocycles. The van der Waals surface area contributed by atoms with Crippen molar-refractivity contribution in [3.05, 3.63) is 35.9 Å². The monoisotopic (exact) mass is 323 g/mol. The lowest BCUT2D eigenvalue weighted by atomic mass is 10.2. The van der Waals surface area contributed by atoms with Crippen molar-refractivity contribution >= 4 is 5.97 Å². The molecule has 23 heavy (non-hydrogen) atoms. The summed E-state index contributed by atoms with van der Waals surface area (Å²) >= 11 is 0. The van der Waals surface area contributed by atoms with E-state index >= 15 is 0 Å². The highest BCUT2D eigenvalue weighted by molar-refractivity contribution is 5.69. The number of hydrogen-bond acceptors (Lipinski definition) is 5. The Morgan fingerprint density at radius 3 is 2.43 bits per heavy atom. The first kappa shape index (κ1) is 19.6. The Morgan fingerprint density at radius 1 is 1.22 bits per heavy atom. The maximum atomic E-state index is 11.7. The average Bonchev–Trinajstić information content (AvgIpc) is 2.46. The Labute approximate surface area is 139 Å². The quantitative estimate of drug-likeness (QED) is 0.428. The van der Waals surface area contributed by atoms with E-state index in [2.05, 4.69) is 0 Å². The molecule has 0 aromatic heterocycles. The molecular weight excluding hydrogens is 294 g/mol. The average molecular weight is 323 g/mol. The van der Waals surface area contributed by atoms with E-state index in [9.17, 15) is 9.90 Å². The lowest BCUT2D eigenvalue weighted by Crippen LogP contribution is -2.29. The fraction of sp³-hybridized carbons (Fsp3) is 0.611. The van der Waals surface area contributed by atoms with Crippen molar-refractivity contribution in [2.24, 2.45) is 0 Å². The number of nitrogens with zero attached hydrogens (tertiary/aromatic N) is 1. The molecule has 0 spiro atoms. The van der Waals surface area contributed by atoms with Crippen molar-refractivity contribution in [1.82, 2.24) is 5.06 Å². The van der Waals surface area contributed by atoms with Gasteiger partial charge in [0.05, 0.1) is 0 Å². The molecule has 0 aliphatic rings. The molecule has 1 rings (SSSR count). The summed E-state index contributed by atoms with van der Waals surface area (Å²) in [5.41, 5.74) is 0.251. The van der Waals surface area contributed by atoms with E-state index < -0.39 is 11.9 Å². The predicted octanol–water partition coefficient (Wildman–Crippen LogP) is 3.44. The third-order valence-corrected chi connectivity index (χ3v) is 3.02. The van der Waals surface area contributed by atoms with Crippen LogP contribution in [0.1, 0.15) is 58.8 Å². The summed E-state index contributed by atoms with van der Waals surface area (Å²) in [6.07, 6.45) is 0.858. The fourth-order valence-corrected chi connectivity index (χ4v) is 2.08. The number of hydrogen-bond donors (Lipinski definition) is 1. The second-order valence-corrected chi connectivity index (χ2v) is 6.49. The van der Waals surface area contributed by atoms with Crippen LogP contribution >= 0.6 is 0 Å². The van der Waals surface area contributed by atoms with Crippen LogP contribution in [-0.4, -0.2) is 34.8 Å². The van der Waals surface area contributed by atoms with E-state index in [1.165, 1.54) is 0 Å². The van der Waals surface area contributed by atoms with Gasteiger partial charge < -0.3 is 9.84 Å². The third-order valence-electron chi connectivity index (χ3n) is 3.02. The van der Waals surface area contributed by atoms with Gasteiger partial charge in [-0.05, 0) is 33.6 Å². The van der Waals surface area contributed by atoms with Crippen LogP contribution in [0.15, 0.2) is 30.3 Å². The zero-order valence-electron chi connectivity index (χ0n) is 14.6. The Morgan fingerprint density at radius 2 is 1.87 bits per heavy atom. The molecule has 0 aliphatic carbocycles. The van der Waals surface area contributed by atoms with Gasteiger partial charge in [0.25, 0.3) is 0 Å². The molecule has 0 saturated carbocycles. The minimum atomic E-state index is -0.996. The smallest absolute Gasteiger partial charge is 0.306 e. The molecule has 1 atom stereocenters. The van der Waals surface area contributed by atoms with Crippen molar-refractivity contribution in [3.8, 4) is 0 Å². The van der Waals surface area contributed by atoms with Crippen molar-refractivity contribution < 1.29 is 19.5 Å². The minimum Gasteiger partial charge on any atom is -0.460 e.